The Morgan fingerprint density at radius 3 is 2.89 bits per heavy atom. The van der Waals surface area contributed by atoms with Gasteiger partial charge < -0.3 is 15.4 Å². The third-order valence-corrected chi connectivity index (χ3v) is 3.88. The number of hydrogen-bond acceptors (Lipinski definition) is 3. The second-order valence-corrected chi connectivity index (χ2v) is 5.82. The Hall–Kier alpha value is -0.900. The van der Waals surface area contributed by atoms with Crippen LogP contribution in [0.15, 0.2) is 18.2 Å². The topological polar surface area (TPSA) is 38.5 Å². The summed E-state index contributed by atoms with van der Waals surface area (Å²) in [5, 5.41) is 0. The van der Waals surface area contributed by atoms with Gasteiger partial charge in [-0.05, 0) is 44.9 Å². The molecule has 1 saturated heterocycles. The Kier molecular flexibility index (Phi) is 4.97. The van der Waals surface area contributed by atoms with Gasteiger partial charge in [0, 0.05) is 25.7 Å². The summed E-state index contributed by atoms with van der Waals surface area (Å²) in [6.45, 7) is 7.03. The quantitative estimate of drug-likeness (QED) is 0.885. The molecule has 1 heterocycles. The van der Waals surface area contributed by atoms with Crippen molar-refractivity contribution in [1.29, 1.82) is 0 Å². The lowest BCUT2D eigenvalue weighted by Gasteiger charge is -2.25. The van der Waals surface area contributed by atoms with Crippen LogP contribution in [0.3, 0.4) is 0 Å². The molecule has 19 heavy (non-hydrogen) atoms. The lowest BCUT2D eigenvalue weighted by molar-refractivity contribution is 0.0796. The molecule has 0 spiro atoms. The summed E-state index contributed by atoms with van der Waals surface area (Å²) in [6, 6.07) is 6.58. The van der Waals surface area contributed by atoms with Crippen LogP contribution in [0, 0.1) is 13.8 Å². The molecular weight excluding hydrogens is 236 g/mol. The van der Waals surface area contributed by atoms with Gasteiger partial charge in [-0.1, -0.05) is 23.8 Å². The highest BCUT2D eigenvalue weighted by Gasteiger charge is 2.19. The van der Waals surface area contributed by atoms with E-state index < -0.39 is 0 Å². The maximum Gasteiger partial charge on any atom is 0.0702 e. The van der Waals surface area contributed by atoms with Gasteiger partial charge in [-0.15, -0.1) is 0 Å². The van der Waals surface area contributed by atoms with Gasteiger partial charge in [-0.3, -0.25) is 0 Å². The second-order valence-electron chi connectivity index (χ2n) is 5.82. The molecule has 1 aliphatic heterocycles. The fraction of sp³-hybridized carbons (Fsp3) is 0.625. The number of nitrogens with zero attached hydrogens (tertiary/aromatic N) is 1. The van der Waals surface area contributed by atoms with Crippen molar-refractivity contribution < 1.29 is 4.74 Å². The number of aryl methyl sites for hydroxylation is 2. The van der Waals surface area contributed by atoms with E-state index in [0.717, 1.165) is 19.7 Å². The van der Waals surface area contributed by atoms with Crippen molar-refractivity contribution >= 4 is 0 Å². The number of hydrogen-bond donors (Lipinski definition) is 1. The first-order valence-corrected chi connectivity index (χ1v) is 7.19. The van der Waals surface area contributed by atoms with E-state index in [1.807, 2.05) is 0 Å². The van der Waals surface area contributed by atoms with E-state index in [4.69, 9.17) is 10.5 Å². The minimum absolute atomic E-state index is 0.0753. The van der Waals surface area contributed by atoms with Gasteiger partial charge >= 0.3 is 0 Å². The molecule has 2 atom stereocenters. The van der Waals surface area contributed by atoms with E-state index in [9.17, 15) is 0 Å². The monoisotopic (exact) mass is 262 g/mol. The summed E-state index contributed by atoms with van der Waals surface area (Å²) in [4.78, 5) is 2.29. The maximum absolute atomic E-state index is 6.36. The lowest BCUT2D eigenvalue weighted by atomic mass is 9.99. The number of rotatable bonds is 5. The van der Waals surface area contributed by atoms with Crippen molar-refractivity contribution in [1.82, 2.24) is 4.90 Å². The molecule has 0 saturated carbocycles. The Bertz CT molecular complexity index is 413. The normalized spacial score (nSPS) is 21.0. The Balaban J connectivity index is 1.91. The maximum atomic E-state index is 6.36. The standard InChI is InChI=1S/C16H26N2O/c1-12-6-7-13(2)15(9-12)16(17)11-18(3)10-14-5-4-8-19-14/h6-7,9,14,16H,4-5,8,10-11,17H2,1-3H3. The van der Waals surface area contributed by atoms with Crippen molar-refractivity contribution in [2.45, 2.75) is 38.8 Å². The zero-order valence-corrected chi connectivity index (χ0v) is 12.4. The minimum Gasteiger partial charge on any atom is -0.377 e. The van der Waals surface area contributed by atoms with E-state index in [-0.39, 0.29) is 6.04 Å². The molecule has 1 fully saturated rings. The van der Waals surface area contributed by atoms with Gasteiger partial charge in [-0.2, -0.15) is 0 Å². The van der Waals surface area contributed by atoms with Crippen molar-refractivity contribution in [3.8, 4) is 0 Å². The van der Waals surface area contributed by atoms with E-state index in [1.165, 1.54) is 29.5 Å². The first-order valence-electron chi connectivity index (χ1n) is 7.19. The fourth-order valence-corrected chi connectivity index (χ4v) is 2.80. The van der Waals surface area contributed by atoms with Crippen molar-refractivity contribution in [3.63, 3.8) is 0 Å². The molecule has 106 valence electrons. The Morgan fingerprint density at radius 2 is 2.21 bits per heavy atom. The zero-order valence-electron chi connectivity index (χ0n) is 12.4. The van der Waals surface area contributed by atoms with E-state index >= 15 is 0 Å². The van der Waals surface area contributed by atoms with Crippen LogP contribution in [0.4, 0.5) is 0 Å². The van der Waals surface area contributed by atoms with Crippen LogP contribution < -0.4 is 5.73 Å². The van der Waals surface area contributed by atoms with Crippen LogP contribution in [-0.2, 0) is 4.74 Å². The highest BCUT2D eigenvalue weighted by molar-refractivity contribution is 5.32. The van der Waals surface area contributed by atoms with E-state index in [2.05, 4.69) is 44.0 Å². The minimum atomic E-state index is 0.0753. The number of ether oxygens (including phenoxy) is 1. The molecule has 3 nitrogen and oxygen atoms in total. The summed E-state index contributed by atoms with van der Waals surface area (Å²) >= 11 is 0. The van der Waals surface area contributed by atoms with Crippen LogP contribution in [-0.4, -0.2) is 37.7 Å². The lowest BCUT2D eigenvalue weighted by Crippen LogP contribution is -2.34. The molecule has 2 unspecified atom stereocenters. The van der Waals surface area contributed by atoms with E-state index in [1.54, 1.807) is 0 Å². The van der Waals surface area contributed by atoms with Gasteiger partial charge in [0.1, 0.15) is 0 Å². The fourth-order valence-electron chi connectivity index (χ4n) is 2.80. The second kappa shape index (κ2) is 6.51. The number of likely N-dealkylation sites (N-methyl/N-ethyl adjacent to an activating group) is 1. The number of nitrogens with two attached hydrogens (primary N) is 1. The Labute approximate surface area is 116 Å². The molecule has 1 aromatic rings. The predicted molar refractivity (Wildman–Crippen MR) is 79.3 cm³/mol. The van der Waals surface area contributed by atoms with Crippen molar-refractivity contribution in [3.05, 3.63) is 34.9 Å². The molecule has 1 aromatic carbocycles. The van der Waals surface area contributed by atoms with Gasteiger partial charge in [0.25, 0.3) is 0 Å². The molecule has 3 heteroatoms. The summed E-state index contributed by atoms with van der Waals surface area (Å²) in [5.74, 6) is 0. The molecule has 0 bridgehead atoms. The summed E-state index contributed by atoms with van der Waals surface area (Å²) in [6.07, 6.45) is 2.78. The van der Waals surface area contributed by atoms with Crippen LogP contribution in [0.5, 0.6) is 0 Å². The smallest absolute Gasteiger partial charge is 0.0702 e. The third-order valence-electron chi connectivity index (χ3n) is 3.88. The highest BCUT2D eigenvalue weighted by Crippen LogP contribution is 2.19. The van der Waals surface area contributed by atoms with Crippen LogP contribution in [0.1, 0.15) is 35.6 Å². The third kappa shape index (κ3) is 4.03. The molecule has 0 radical (unpaired) electrons. The predicted octanol–water partition coefficient (Wildman–Crippen LogP) is 2.41. The first-order chi connectivity index (χ1) is 9.06. The van der Waals surface area contributed by atoms with Crippen LogP contribution >= 0.6 is 0 Å². The average molecular weight is 262 g/mol. The van der Waals surface area contributed by atoms with E-state index in [0.29, 0.717) is 6.10 Å². The molecule has 2 rings (SSSR count). The Morgan fingerprint density at radius 1 is 1.42 bits per heavy atom. The molecule has 1 aliphatic rings. The molecule has 2 N–H and O–H groups in total. The number of benzene rings is 1. The van der Waals surface area contributed by atoms with Gasteiger partial charge in [0.2, 0.25) is 0 Å². The molecule has 0 aromatic heterocycles. The summed E-state index contributed by atoms with van der Waals surface area (Å²) in [5.41, 5.74) is 10.2. The largest absolute Gasteiger partial charge is 0.377 e. The van der Waals surface area contributed by atoms with Gasteiger partial charge in [0.15, 0.2) is 0 Å². The van der Waals surface area contributed by atoms with Crippen molar-refractivity contribution in [2.75, 3.05) is 26.7 Å². The zero-order chi connectivity index (χ0) is 13.8. The average Bonchev–Trinajstić information content (AvgIpc) is 2.84. The van der Waals surface area contributed by atoms with Crippen molar-refractivity contribution in [2.24, 2.45) is 5.73 Å². The van der Waals surface area contributed by atoms with Crippen LogP contribution in [0.2, 0.25) is 0 Å². The first kappa shape index (κ1) is 14.5. The molecule has 0 amide bonds. The SMILES string of the molecule is Cc1ccc(C)c(C(N)CN(C)CC2CCCO2)c1. The summed E-state index contributed by atoms with van der Waals surface area (Å²) < 4.78 is 5.67. The molecule has 0 aliphatic carbocycles. The summed E-state index contributed by atoms with van der Waals surface area (Å²) in [7, 11) is 2.13. The molecular formula is C16H26N2O. The van der Waals surface area contributed by atoms with Gasteiger partial charge in [-0.25, -0.2) is 0 Å². The van der Waals surface area contributed by atoms with Crippen LogP contribution in [0.25, 0.3) is 0 Å². The highest BCUT2D eigenvalue weighted by atomic mass is 16.5. The van der Waals surface area contributed by atoms with Gasteiger partial charge in [0.05, 0.1) is 6.10 Å².